The van der Waals surface area contributed by atoms with Crippen molar-refractivity contribution in [3.63, 3.8) is 0 Å². The molecule has 0 aliphatic heterocycles. The second-order valence-electron chi connectivity index (χ2n) is 4.36. The predicted octanol–water partition coefficient (Wildman–Crippen LogP) is 2.55. The van der Waals surface area contributed by atoms with E-state index in [2.05, 4.69) is 5.32 Å². The highest BCUT2D eigenvalue weighted by molar-refractivity contribution is 5.92. The summed E-state index contributed by atoms with van der Waals surface area (Å²) in [5.41, 5.74) is 7.92. The van der Waals surface area contributed by atoms with Gasteiger partial charge in [-0.25, -0.2) is 0 Å². The second kappa shape index (κ2) is 7.67. The van der Waals surface area contributed by atoms with E-state index in [1.165, 1.54) is 0 Å². The van der Waals surface area contributed by atoms with Gasteiger partial charge in [0.2, 0.25) is 5.91 Å². The van der Waals surface area contributed by atoms with Gasteiger partial charge in [-0.2, -0.15) is 0 Å². The molecule has 0 saturated carbocycles. The summed E-state index contributed by atoms with van der Waals surface area (Å²) in [6.45, 7) is 4.45. The maximum Gasteiger partial charge on any atom is 0.246 e. The third-order valence-electron chi connectivity index (χ3n) is 2.84. The van der Waals surface area contributed by atoms with Gasteiger partial charge >= 0.3 is 0 Å². The third-order valence-corrected chi connectivity index (χ3v) is 2.84. The topological polar surface area (TPSA) is 55.1 Å². The van der Waals surface area contributed by atoms with Crippen molar-refractivity contribution in [2.45, 2.75) is 32.7 Å². The number of allylic oxidation sites excluding steroid dienone is 1. The van der Waals surface area contributed by atoms with Gasteiger partial charge in [0.05, 0.1) is 0 Å². The molecular formula is C15H22N2O. The Morgan fingerprint density at radius 2 is 2.06 bits per heavy atom. The van der Waals surface area contributed by atoms with Crippen LogP contribution in [0.2, 0.25) is 0 Å². The summed E-state index contributed by atoms with van der Waals surface area (Å²) in [5, 5.41) is 2.88. The van der Waals surface area contributed by atoms with Crippen LogP contribution in [0.5, 0.6) is 0 Å². The van der Waals surface area contributed by atoms with Crippen LogP contribution in [0.25, 0.3) is 0 Å². The molecule has 3 nitrogen and oxygen atoms in total. The van der Waals surface area contributed by atoms with Gasteiger partial charge in [-0.15, -0.1) is 0 Å². The number of nitrogens with two attached hydrogens (primary N) is 1. The lowest BCUT2D eigenvalue weighted by Gasteiger charge is -2.12. The van der Waals surface area contributed by atoms with Crippen LogP contribution in [-0.2, 0) is 4.79 Å². The fourth-order valence-corrected chi connectivity index (χ4v) is 1.75. The number of rotatable bonds is 6. The van der Waals surface area contributed by atoms with E-state index >= 15 is 0 Å². The van der Waals surface area contributed by atoms with Crippen molar-refractivity contribution in [1.29, 1.82) is 0 Å². The van der Waals surface area contributed by atoms with Gasteiger partial charge in [-0.1, -0.05) is 43.3 Å². The zero-order valence-corrected chi connectivity index (χ0v) is 11.1. The van der Waals surface area contributed by atoms with Gasteiger partial charge in [0.15, 0.2) is 0 Å². The standard InChI is InChI=1S/C15H22N2O/c1-3-7-12(2)15(18)17-11-10-14(16)13-8-5-4-6-9-13/h4-9,14H,3,10-11,16H2,1-2H3,(H,17,18)/b12-7-. The summed E-state index contributed by atoms with van der Waals surface area (Å²) < 4.78 is 0. The van der Waals surface area contributed by atoms with E-state index in [1.807, 2.05) is 50.3 Å². The van der Waals surface area contributed by atoms with Crippen molar-refractivity contribution in [2.24, 2.45) is 5.73 Å². The molecule has 18 heavy (non-hydrogen) atoms. The van der Waals surface area contributed by atoms with Crippen molar-refractivity contribution in [2.75, 3.05) is 6.54 Å². The van der Waals surface area contributed by atoms with E-state index in [0.29, 0.717) is 6.54 Å². The summed E-state index contributed by atoms with van der Waals surface area (Å²) in [6.07, 6.45) is 3.55. The zero-order valence-electron chi connectivity index (χ0n) is 11.1. The van der Waals surface area contributed by atoms with E-state index in [9.17, 15) is 4.79 Å². The Bertz CT molecular complexity index is 398. The number of benzene rings is 1. The quantitative estimate of drug-likeness (QED) is 0.758. The second-order valence-corrected chi connectivity index (χ2v) is 4.36. The molecule has 0 bridgehead atoms. The molecule has 0 spiro atoms. The molecule has 0 fully saturated rings. The highest BCUT2D eigenvalue weighted by Crippen LogP contribution is 2.12. The van der Waals surface area contributed by atoms with Crippen LogP contribution < -0.4 is 11.1 Å². The van der Waals surface area contributed by atoms with Gasteiger partial charge in [-0.3, -0.25) is 4.79 Å². The molecular weight excluding hydrogens is 224 g/mol. The summed E-state index contributed by atoms with van der Waals surface area (Å²) in [6, 6.07) is 9.91. The molecule has 1 unspecified atom stereocenters. The minimum absolute atomic E-state index is 0.00267. The Balaban J connectivity index is 2.34. The molecule has 0 saturated heterocycles. The lowest BCUT2D eigenvalue weighted by molar-refractivity contribution is -0.117. The van der Waals surface area contributed by atoms with Gasteiger partial charge in [-0.05, 0) is 25.3 Å². The molecule has 0 aliphatic carbocycles. The Morgan fingerprint density at radius 3 is 2.67 bits per heavy atom. The number of hydrogen-bond acceptors (Lipinski definition) is 2. The minimum Gasteiger partial charge on any atom is -0.352 e. The van der Waals surface area contributed by atoms with Crippen LogP contribution in [0, 0.1) is 0 Å². The van der Waals surface area contributed by atoms with E-state index in [0.717, 1.165) is 24.0 Å². The largest absolute Gasteiger partial charge is 0.352 e. The predicted molar refractivity (Wildman–Crippen MR) is 75.0 cm³/mol. The van der Waals surface area contributed by atoms with Gasteiger partial charge in [0.1, 0.15) is 0 Å². The van der Waals surface area contributed by atoms with Crippen molar-refractivity contribution in [3.05, 3.63) is 47.5 Å². The fraction of sp³-hybridized carbons (Fsp3) is 0.400. The fourth-order valence-electron chi connectivity index (χ4n) is 1.75. The molecule has 0 heterocycles. The average Bonchev–Trinajstić information content (AvgIpc) is 2.39. The lowest BCUT2D eigenvalue weighted by Crippen LogP contribution is -2.27. The molecule has 1 rings (SSSR count). The molecule has 98 valence electrons. The first-order chi connectivity index (χ1) is 8.65. The lowest BCUT2D eigenvalue weighted by atomic mass is 10.1. The third kappa shape index (κ3) is 4.72. The first-order valence-corrected chi connectivity index (χ1v) is 6.40. The van der Waals surface area contributed by atoms with Crippen molar-refractivity contribution < 1.29 is 4.79 Å². The Morgan fingerprint density at radius 1 is 1.39 bits per heavy atom. The average molecular weight is 246 g/mol. The van der Waals surface area contributed by atoms with Crippen LogP contribution in [0.4, 0.5) is 0 Å². The molecule has 1 aromatic carbocycles. The van der Waals surface area contributed by atoms with Crippen molar-refractivity contribution in [3.8, 4) is 0 Å². The number of carbonyl (C=O) groups excluding carboxylic acids is 1. The summed E-state index contributed by atoms with van der Waals surface area (Å²) in [5.74, 6) is -0.00267. The summed E-state index contributed by atoms with van der Waals surface area (Å²) in [7, 11) is 0. The summed E-state index contributed by atoms with van der Waals surface area (Å²) >= 11 is 0. The van der Waals surface area contributed by atoms with E-state index < -0.39 is 0 Å². The van der Waals surface area contributed by atoms with Crippen molar-refractivity contribution in [1.82, 2.24) is 5.32 Å². The van der Waals surface area contributed by atoms with E-state index in [1.54, 1.807) is 0 Å². The molecule has 1 aromatic rings. The smallest absolute Gasteiger partial charge is 0.246 e. The first-order valence-electron chi connectivity index (χ1n) is 6.40. The molecule has 1 atom stereocenters. The maximum absolute atomic E-state index is 11.6. The van der Waals surface area contributed by atoms with Gasteiger partial charge in [0.25, 0.3) is 0 Å². The van der Waals surface area contributed by atoms with Crippen LogP contribution in [0.15, 0.2) is 42.0 Å². The maximum atomic E-state index is 11.6. The minimum atomic E-state index is -0.0260. The Kier molecular flexibility index (Phi) is 6.15. The Labute approximate surface area is 109 Å². The number of carbonyl (C=O) groups is 1. The van der Waals surface area contributed by atoms with E-state index in [-0.39, 0.29) is 11.9 Å². The molecule has 1 amide bonds. The monoisotopic (exact) mass is 246 g/mol. The highest BCUT2D eigenvalue weighted by atomic mass is 16.1. The van der Waals surface area contributed by atoms with Crippen LogP contribution in [0.1, 0.15) is 38.3 Å². The number of amides is 1. The molecule has 0 aromatic heterocycles. The van der Waals surface area contributed by atoms with Crippen LogP contribution >= 0.6 is 0 Å². The van der Waals surface area contributed by atoms with Gasteiger partial charge < -0.3 is 11.1 Å². The Hall–Kier alpha value is -1.61. The van der Waals surface area contributed by atoms with Gasteiger partial charge in [0, 0.05) is 18.2 Å². The van der Waals surface area contributed by atoms with Crippen LogP contribution in [-0.4, -0.2) is 12.5 Å². The molecule has 0 aliphatic rings. The molecule has 3 heteroatoms. The number of nitrogens with one attached hydrogen (secondary N) is 1. The summed E-state index contributed by atoms with van der Waals surface area (Å²) in [4.78, 5) is 11.6. The van der Waals surface area contributed by atoms with E-state index in [4.69, 9.17) is 5.73 Å². The van der Waals surface area contributed by atoms with Crippen molar-refractivity contribution >= 4 is 5.91 Å². The highest BCUT2D eigenvalue weighted by Gasteiger charge is 2.07. The zero-order chi connectivity index (χ0) is 13.4. The van der Waals surface area contributed by atoms with Crippen LogP contribution in [0.3, 0.4) is 0 Å². The first kappa shape index (κ1) is 14.5. The number of hydrogen-bond donors (Lipinski definition) is 2. The SMILES string of the molecule is CC/C=C(/C)C(=O)NCCC(N)c1ccccc1. The molecule has 3 N–H and O–H groups in total. The molecule has 0 radical (unpaired) electrons. The normalized spacial score (nSPS) is 13.2.